The van der Waals surface area contributed by atoms with Crippen molar-refractivity contribution in [3.05, 3.63) is 12.2 Å². The molecule has 2 N–H and O–H groups in total. The molecule has 0 radical (unpaired) electrons. The van der Waals surface area contributed by atoms with Crippen molar-refractivity contribution in [2.45, 2.75) is 125 Å². The Morgan fingerprint density at radius 1 is 0.900 bits per heavy atom. The highest BCUT2D eigenvalue weighted by Crippen LogP contribution is 2.16. The van der Waals surface area contributed by atoms with Crippen LogP contribution in [0.15, 0.2) is 12.2 Å². The Balaban J connectivity index is 0. The predicted molar refractivity (Wildman–Crippen MR) is 162 cm³/mol. The molecule has 9 nitrogen and oxygen atoms in total. The van der Waals surface area contributed by atoms with Crippen LogP contribution in [0.3, 0.4) is 0 Å². The van der Waals surface area contributed by atoms with E-state index in [2.05, 4.69) is 17.6 Å². The molecule has 3 amide bonds. The van der Waals surface area contributed by atoms with Crippen LogP contribution in [0.5, 0.6) is 0 Å². The monoisotopic (exact) mass is 569 g/mol. The molecule has 0 aliphatic heterocycles. The van der Waals surface area contributed by atoms with Gasteiger partial charge in [0.05, 0.1) is 6.61 Å². The summed E-state index contributed by atoms with van der Waals surface area (Å²) in [5.74, 6) is -0.796. The van der Waals surface area contributed by atoms with Crippen LogP contribution in [0.25, 0.3) is 0 Å². The Labute approximate surface area is 244 Å². The SMILES string of the molecule is CC.CCCCCCCC(CC/C=C\CC(C)C(=O)N(C)C)OC(=O)NC(CC(C)C)C(=O)NCC(=O)OCC. The van der Waals surface area contributed by atoms with Gasteiger partial charge in [0, 0.05) is 20.0 Å². The number of rotatable bonds is 20. The highest BCUT2D eigenvalue weighted by Gasteiger charge is 2.24. The first-order valence-corrected chi connectivity index (χ1v) is 15.3. The topological polar surface area (TPSA) is 114 Å². The molecule has 0 aliphatic rings. The van der Waals surface area contributed by atoms with Crippen molar-refractivity contribution in [1.82, 2.24) is 15.5 Å². The quantitative estimate of drug-likeness (QED) is 0.105. The van der Waals surface area contributed by atoms with Crippen LogP contribution >= 0.6 is 0 Å². The van der Waals surface area contributed by atoms with Gasteiger partial charge in [-0.1, -0.05) is 79.4 Å². The maximum Gasteiger partial charge on any atom is 0.408 e. The minimum absolute atomic E-state index is 0.0782. The summed E-state index contributed by atoms with van der Waals surface area (Å²) in [6, 6.07) is -0.808. The summed E-state index contributed by atoms with van der Waals surface area (Å²) in [6.07, 6.45) is 11.9. The number of carbonyl (C=O) groups is 4. The first-order chi connectivity index (χ1) is 19.0. The van der Waals surface area contributed by atoms with Crippen molar-refractivity contribution in [3.8, 4) is 0 Å². The lowest BCUT2D eigenvalue weighted by molar-refractivity contribution is -0.143. The standard InChI is InChI=1S/C29H53N3O6.C2H6/c1-8-10-11-12-15-18-24(19-16-13-14-17-23(5)28(35)32(6)7)38-29(36)31-25(20-22(3)4)27(34)30-21-26(33)37-9-2;1-2/h13-14,22-25H,8-12,15-21H2,1-7H3,(H,30,34)(H,31,36);1-2H3/b14-13-;. The van der Waals surface area contributed by atoms with Gasteiger partial charge in [-0.25, -0.2) is 4.79 Å². The van der Waals surface area contributed by atoms with Gasteiger partial charge in [-0.2, -0.15) is 0 Å². The van der Waals surface area contributed by atoms with Crippen molar-refractivity contribution < 1.29 is 28.7 Å². The van der Waals surface area contributed by atoms with Gasteiger partial charge in [-0.3, -0.25) is 14.4 Å². The molecule has 0 bridgehead atoms. The smallest absolute Gasteiger partial charge is 0.408 e. The van der Waals surface area contributed by atoms with E-state index < -0.39 is 24.0 Å². The molecule has 0 heterocycles. The van der Waals surface area contributed by atoms with Crippen molar-refractivity contribution in [2.24, 2.45) is 11.8 Å². The van der Waals surface area contributed by atoms with Crippen LogP contribution in [-0.2, 0) is 23.9 Å². The molecule has 9 heteroatoms. The number of esters is 1. The van der Waals surface area contributed by atoms with Crippen molar-refractivity contribution in [2.75, 3.05) is 27.2 Å². The van der Waals surface area contributed by atoms with E-state index in [0.717, 1.165) is 38.5 Å². The Morgan fingerprint density at radius 2 is 1.55 bits per heavy atom. The van der Waals surface area contributed by atoms with Gasteiger partial charge in [-0.15, -0.1) is 0 Å². The van der Waals surface area contributed by atoms with Gasteiger partial charge in [0.1, 0.15) is 18.7 Å². The van der Waals surface area contributed by atoms with E-state index in [0.29, 0.717) is 19.3 Å². The van der Waals surface area contributed by atoms with Gasteiger partial charge in [0.25, 0.3) is 0 Å². The fraction of sp³-hybridized carbons (Fsp3) is 0.806. The fourth-order valence-corrected chi connectivity index (χ4v) is 4.00. The Morgan fingerprint density at radius 3 is 2.12 bits per heavy atom. The molecule has 3 unspecified atom stereocenters. The molecule has 0 aromatic heterocycles. The van der Waals surface area contributed by atoms with E-state index >= 15 is 0 Å². The Bertz CT molecular complexity index is 724. The summed E-state index contributed by atoms with van der Waals surface area (Å²) in [5.41, 5.74) is 0. The summed E-state index contributed by atoms with van der Waals surface area (Å²) in [5, 5.41) is 5.24. The van der Waals surface area contributed by atoms with Crippen LogP contribution in [0.2, 0.25) is 0 Å². The molecule has 3 atom stereocenters. The summed E-state index contributed by atoms with van der Waals surface area (Å²) in [4.78, 5) is 50.6. The lowest BCUT2D eigenvalue weighted by atomic mass is 10.0. The van der Waals surface area contributed by atoms with E-state index in [1.165, 1.54) is 6.42 Å². The van der Waals surface area contributed by atoms with E-state index in [9.17, 15) is 19.2 Å². The number of alkyl carbamates (subject to hydrolysis) is 1. The van der Waals surface area contributed by atoms with Crippen molar-refractivity contribution in [3.63, 3.8) is 0 Å². The zero-order valence-corrected chi connectivity index (χ0v) is 26.8. The minimum atomic E-state index is -0.808. The number of nitrogens with one attached hydrogen (secondary N) is 2. The molecular formula is C31H59N3O6. The number of carbonyl (C=O) groups excluding carboxylic acids is 4. The van der Waals surface area contributed by atoms with Gasteiger partial charge < -0.3 is 25.0 Å². The third kappa shape index (κ3) is 21.3. The first kappa shape index (κ1) is 39.6. The summed E-state index contributed by atoms with van der Waals surface area (Å²) in [6.45, 7) is 13.7. The second kappa shape index (κ2) is 25.4. The second-order valence-corrected chi connectivity index (χ2v) is 10.5. The Kier molecular flexibility index (Phi) is 25.1. The molecule has 0 fully saturated rings. The average Bonchev–Trinajstić information content (AvgIpc) is 2.91. The van der Waals surface area contributed by atoms with E-state index in [1.807, 2.05) is 46.8 Å². The van der Waals surface area contributed by atoms with Crippen LogP contribution < -0.4 is 10.6 Å². The molecule has 234 valence electrons. The predicted octanol–water partition coefficient (Wildman–Crippen LogP) is 6.01. The highest BCUT2D eigenvalue weighted by atomic mass is 16.6. The molecular weight excluding hydrogens is 510 g/mol. The maximum absolute atomic E-state index is 12.8. The van der Waals surface area contributed by atoms with Crippen LogP contribution in [0.1, 0.15) is 113 Å². The molecule has 0 saturated carbocycles. The number of unbranched alkanes of at least 4 members (excludes halogenated alkanes) is 4. The molecule has 0 aliphatic carbocycles. The molecule has 0 spiro atoms. The lowest BCUT2D eigenvalue weighted by Gasteiger charge is -2.22. The molecule has 0 rings (SSSR count). The minimum Gasteiger partial charge on any atom is -0.465 e. The largest absolute Gasteiger partial charge is 0.465 e. The number of amides is 3. The summed E-state index contributed by atoms with van der Waals surface area (Å²) < 4.78 is 10.6. The lowest BCUT2D eigenvalue weighted by Crippen LogP contribution is -2.49. The molecule has 0 aromatic rings. The maximum atomic E-state index is 12.8. The first-order valence-electron chi connectivity index (χ1n) is 15.3. The molecule has 40 heavy (non-hydrogen) atoms. The van der Waals surface area contributed by atoms with E-state index in [-0.39, 0.29) is 37.0 Å². The summed E-state index contributed by atoms with van der Waals surface area (Å²) in [7, 11) is 3.51. The average molecular weight is 570 g/mol. The zero-order chi connectivity index (χ0) is 30.9. The van der Waals surface area contributed by atoms with E-state index in [1.54, 1.807) is 25.9 Å². The number of nitrogens with zero attached hydrogens (tertiary/aromatic N) is 1. The number of allylic oxidation sites excluding steroid dienone is 2. The number of hydrogen-bond donors (Lipinski definition) is 2. The third-order valence-electron chi connectivity index (χ3n) is 6.11. The third-order valence-corrected chi connectivity index (χ3v) is 6.11. The second-order valence-electron chi connectivity index (χ2n) is 10.5. The van der Waals surface area contributed by atoms with Gasteiger partial charge in [0.2, 0.25) is 11.8 Å². The van der Waals surface area contributed by atoms with Crippen molar-refractivity contribution in [1.29, 1.82) is 0 Å². The van der Waals surface area contributed by atoms with Gasteiger partial charge >= 0.3 is 12.1 Å². The van der Waals surface area contributed by atoms with Crippen LogP contribution in [0, 0.1) is 11.8 Å². The van der Waals surface area contributed by atoms with Gasteiger partial charge in [-0.05, 0) is 51.4 Å². The van der Waals surface area contributed by atoms with Gasteiger partial charge in [0.15, 0.2) is 0 Å². The normalized spacial score (nSPS) is 13.1. The van der Waals surface area contributed by atoms with E-state index in [4.69, 9.17) is 9.47 Å². The highest BCUT2D eigenvalue weighted by molar-refractivity contribution is 5.88. The van der Waals surface area contributed by atoms with Crippen LogP contribution in [0.4, 0.5) is 4.79 Å². The van der Waals surface area contributed by atoms with Crippen molar-refractivity contribution >= 4 is 23.9 Å². The number of ether oxygens (including phenoxy) is 2. The Hall–Kier alpha value is -2.58. The molecule has 0 saturated heterocycles. The summed E-state index contributed by atoms with van der Waals surface area (Å²) >= 11 is 0. The number of hydrogen-bond acceptors (Lipinski definition) is 6. The zero-order valence-electron chi connectivity index (χ0n) is 26.8. The molecule has 0 aromatic carbocycles. The fourth-order valence-electron chi connectivity index (χ4n) is 4.00. The van der Waals surface area contributed by atoms with Crippen LogP contribution in [-0.4, -0.2) is 68.2 Å².